The van der Waals surface area contributed by atoms with Crippen LogP contribution in [-0.2, 0) is 11.2 Å². The Bertz CT molecular complexity index is 913. The van der Waals surface area contributed by atoms with E-state index in [2.05, 4.69) is 25.5 Å². The Morgan fingerprint density at radius 1 is 1.48 bits per heavy atom. The lowest BCUT2D eigenvalue weighted by molar-refractivity contribution is -0.113. The molecule has 3 rings (SSSR count). The van der Waals surface area contributed by atoms with E-state index in [0.717, 1.165) is 11.4 Å². The average Bonchev–Trinajstić information content (AvgIpc) is 3.10. The maximum Gasteiger partial charge on any atom is 0.252 e. The number of aryl methyl sites for hydroxylation is 2. The second-order valence-corrected chi connectivity index (χ2v) is 6.55. The van der Waals surface area contributed by atoms with Gasteiger partial charge in [-0.25, -0.2) is 4.98 Å². The highest BCUT2D eigenvalue weighted by Gasteiger charge is 2.13. The summed E-state index contributed by atoms with van der Waals surface area (Å²) in [6.07, 6.45) is 0.663. The fourth-order valence-electron chi connectivity index (χ4n) is 2.02. The molecular weight excluding hydrogens is 336 g/mol. The van der Waals surface area contributed by atoms with E-state index in [0.29, 0.717) is 22.5 Å². The van der Waals surface area contributed by atoms with Crippen LogP contribution in [0, 0.1) is 6.92 Å². The molecule has 0 aliphatic rings. The highest BCUT2D eigenvalue weighted by Crippen LogP contribution is 2.19. The van der Waals surface area contributed by atoms with E-state index in [1.54, 1.807) is 4.40 Å². The number of hydrogen-bond donors (Lipinski definition) is 2. The predicted octanol–water partition coefficient (Wildman–Crippen LogP) is 1.48. The van der Waals surface area contributed by atoms with Gasteiger partial charge in [-0.3, -0.25) is 19.0 Å². The van der Waals surface area contributed by atoms with Crippen LogP contribution in [0.15, 0.2) is 21.4 Å². The Hall–Kier alpha value is -2.20. The van der Waals surface area contributed by atoms with Crippen LogP contribution in [0.2, 0.25) is 0 Å². The minimum Gasteiger partial charge on any atom is -0.301 e. The number of anilines is 1. The topological polar surface area (TPSA) is 105 Å². The number of nitrogens with zero attached hydrogens (tertiary/aromatic N) is 4. The van der Waals surface area contributed by atoms with E-state index in [1.807, 2.05) is 19.2 Å². The van der Waals surface area contributed by atoms with Gasteiger partial charge in [0.25, 0.3) is 5.56 Å². The fraction of sp³-hybridized carbons (Fsp3) is 0.308. The molecule has 0 fully saturated rings. The lowest BCUT2D eigenvalue weighted by atomic mass is 10.3. The molecule has 3 heterocycles. The van der Waals surface area contributed by atoms with Crippen LogP contribution in [0.4, 0.5) is 5.13 Å². The van der Waals surface area contributed by atoms with Crippen molar-refractivity contribution in [3.63, 3.8) is 0 Å². The Labute approximate surface area is 139 Å². The first-order valence-electron chi connectivity index (χ1n) is 6.89. The first-order chi connectivity index (χ1) is 11.1. The Kier molecular flexibility index (Phi) is 4.44. The van der Waals surface area contributed by atoms with Crippen molar-refractivity contribution in [3.05, 3.63) is 33.2 Å². The van der Waals surface area contributed by atoms with E-state index < -0.39 is 0 Å². The number of nitrogens with one attached hydrogen (secondary N) is 2. The lowest BCUT2D eigenvalue weighted by Gasteiger charge is -2.04. The third kappa shape index (κ3) is 3.42. The standard InChI is InChI=1S/C13H14N6O2S2/c1-3-8-4-9(20)15-11-17-18-13(19(8)11)23-6-10(21)16-12-14-7(2)5-22-12/h4-5H,3,6H2,1-2H3,(H,14,16,21)(H,15,17,20). The monoisotopic (exact) mass is 350 g/mol. The predicted molar refractivity (Wildman–Crippen MR) is 89.2 cm³/mol. The van der Waals surface area contributed by atoms with Crippen LogP contribution >= 0.6 is 23.1 Å². The summed E-state index contributed by atoms with van der Waals surface area (Å²) >= 11 is 2.64. The molecule has 23 heavy (non-hydrogen) atoms. The molecule has 0 aromatic carbocycles. The van der Waals surface area contributed by atoms with Gasteiger partial charge >= 0.3 is 0 Å². The summed E-state index contributed by atoms with van der Waals surface area (Å²) in [5, 5.41) is 13.8. The molecule has 3 aromatic rings. The number of thioether (sulfide) groups is 1. The van der Waals surface area contributed by atoms with Gasteiger partial charge in [-0.15, -0.1) is 21.5 Å². The maximum absolute atomic E-state index is 12.0. The Morgan fingerprint density at radius 2 is 2.30 bits per heavy atom. The molecule has 8 nitrogen and oxygen atoms in total. The molecular formula is C13H14N6O2S2. The molecule has 120 valence electrons. The largest absolute Gasteiger partial charge is 0.301 e. The van der Waals surface area contributed by atoms with Crippen molar-refractivity contribution < 1.29 is 4.79 Å². The van der Waals surface area contributed by atoms with E-state index >= 15 is 0 Å². The SMILES string of the molecule is CCc1cc(=O)[nH]c2nnc(SCC(=O)Nc3nc(C)cs3)n12. The Balaban J connectivity index is 1.74. The minimum absolute atomic E-state index is 0.163. The van der Waals surface area contributed by atoms with Crippen molar-refractivity contribution in [1.29, 1.82) is 0 Å². The highest BCUT2D eigenvalue weighted by atomic mass is 32.2. The maximum atomic E-state index is 12.0. The minimum atomic E-state index is -0.213. The molecule has 0 spiro atoms. The van der Waals surface area contributed by atoms with Gasteiger partial charge in [0.1, 0.15) is 0 Å². The first kappa shape index (κ1) is 15.7. The molecule has 10 heteroatoms. The molecule has 0 unspecified atom stereocenters. The summed E-state index contributed by atoms with van der Waals surface area (Å²) in [6, 6.07) is 1.51. The number of rotatable bonds is 5. The molecule has 2 N–H and O–H groups in total. The summed E-state index contributed by atoms with van der Waals surface area (Å²) in [5.74, 6) is 0.401. The van der Waals surface area contributed by atoms with Gasteiger partial charge in [0.05, 0.1) is 11.4 Å². The van der Waals surface area contributed by atoms with Crippen LogP contribution in [-0.4, -0.2) is 36.2 Å². The normalized spacial score (nSPS) is 11.0. The molecule has 0 atom stereocenters. The van der Waals surface area contributed by atoms with Crippen molar-refractivity contribution in [3.8, 4) is 0 Å². The lowest BCUT2D eigenvalue weighted by Crippen LogP contribution is -2.15. The number of aromatic nitrogens is 5. The van der Waals surface area contributed by atoms with E-state index in [4.69, 9.17) is 0 Å². The van der Waals surface area contributed by atoms with Crippen LogP contribution < -0.4 is 10.9 Å². The molecule has 0 saturated heterocycles. The molecule has 1 amide bonds. The van der Waals surface area contributed by atoms with Crippen LogP contribution in [0.1, 0.15) is 18.3 Å². The van der Waals surface area contributed by atoms with Gasteiger partial charge in [-0.2, -0.15) is 0 Å². The van der Waals surface area contributed by atoms with Crippen molar-refractivity contribution >= 4 is 39.9 Å². The van der Waals surface area contributed by atoms with Crippen LogP contribution in [0.5, 0.6) is 0 Å². The van der Waals surface area contributed by atoms with Crippen molar-refractivity contribution in [2.75, 3.05) is 11.1 Å². The summed E-state index contributed by atoms with van der Waals surface area (Å²) in [4.78, 5) is 30.3. The molecule has 3 aromatic heterocycles. The van der Waals surface area contributed by atoms with Crippen molar-refractivity contribution in [1.82, 2.24) is 24.6 Å². The third-order valence-corrected chi connectivity index (χ3v) is 4.82. The zero-order chi connectivity index (χ0) is 16.4. The highest BCUT2D eigenvalue weighted by molar-refractivity contribution is 7.99. The number of amides is 1. The van der Waals surface area contributed by atoms with Crippen LogP contribution in [0.3, 0.4) is 0 Å². The fourth-order valence-corrected chi connectivity index (χ4v) is 3.49. The van der Waals surface area contributed by atoms with E-state index in [1.165, 1.54) is 29.2 Å². The summed E-state index contributed by atoms with van der Waals surface area (Å²) in [5.41, 5.74) is 1.46. The second-order valence-electron chi connectivity index (χ2n) is 4.75. The van der Waals surface area contributed by atoms with E-state index in [9.17, 15) is 9.59 Å². The number of thiazole rings is 1. The smallest absolute Gasteiger partial charge is 0.252 e. The average molecular weight is 350 g/mol. The molecule has 0 saturated carbocycles. The molecule has 0 aliphatic carbocycles. The molecule has 0 aliphatic heterocycles. The van der Waals surface area contributed by atoms with Gasteiger partial charge in [-0.05, 0) is 13.3 Å². The number of carbonyl (C=O) groups excluding carboxylic acids is 1. The summed E-state index contributed by atoms with van der Waals surface area (Å²) in [6.45, 7) is 3.82. The molecule has 0 radical (unpaired) electrons. The number of hydrogen-bond acceptors (Lipinski definition) is 7. The number of aromatic amines is 1. The second kappa shape index (κ2) is 6.50. The quantitative estimate of drug-likeness (QED) is 0.675. The van der Waals surface area contributed by atoms with Gasteiger partial charge in [0.15, 0.2) is 10.3 Å². The van der Waals surface area contributed by atoms with E-state index in [-0.39, 0.29) is 17.2 Å². The van der Waals surface area contributed by atoms with Gasteiger partial charge in [0.2, 0.25) is 11.7 Å². The number of carbonyl (C=O) groups is 1. The summed E-state index contributed by atoms with van der Waals surface area (Å²) in [7, 11) is 0. The number of H-pyrrole nitrogens is 1. The number of fused-ring (bicyclic) bond motifs is 1. The first-order valence-corrected chi connectivity index (χ1v) is 8.75. The zero-order valence-corrected chi connectivity index (χ0v) is 14.1. The van der Waals surface area contributed by atoms with Gasteiger partial charge in [-0.1, -0.05) is 18.7 Å². The summed E-state index contributed by atoms with van der Waals surface area (Å²) < 4.78 is 1.76. The Morgan fingerprint density at radius 3 is 3.00 bits per heavy atom. The van der Waals surface area contributed by atoms with Crippen LogP contribution in [0.25, 0.3) is 5.78 Å². The zero-order valence-electron chi connectivity index (χ0n) is 12.5. The molecule has 0 bridgehead atoms. The van der Waals surface area contributed by atoms with Gasteiger partial charge < -0.3 is 5.32 Å². The third-order valence-electron chi connectivity index (χ3n) is 3.01. The van der Waals surface area contributed by atoms with Crippen molar-refractivity contribution in [2.45, 2.75) is 25.4 Å². The van der Waals surface area contributed by atoms with Gasteiger partial charge in [0, 0.05) is 17.1 Å². The van der Waals surface area contributed by atoms with Crippen molar-refractivity contribution in [2.24, 2.45) is 0 Å².